The number of benzene rings is 1. The molecule has 0 fully saturated rings. The molecule has 1 atom stereocenters. The minimum atomic E-state index is -2.54. The molecule has 1 aromatic carbocycles. The van der Waals surface area contributed by atoms with Crippen LogP contribution in [-0.2, 0) is 6.42 Å². The average Bonchev–Trinajstić information content (AvgIpc) is 2.01. The minimum absolute atomic E-state index is 0.0912. The normalized spacial score (nSPS) is 13.3. The van der Waals surface area contributed by atoms with Crippen molar-refractivity contribution >= 4 is 11.6 Å². The smallest absolute Gasteiger partial charge is 0.265 e. The summed E-state index contributed by atoms with van der Waals surface area (Å²) in [6, 6.07) is 4.61. The predicted octanol–water partition coefficient (Wildman–Crippen LogP) is 3.17. The second kappa shape index (κ2) is 4.71. The van der Waals surface area contributed by atoms with Crippen LogP contribution in [0.3, 0.4) is 0 Å². The van der Waals surface area contributed by atoms with Crippen molar-refractivity contribution in [2.45, 2.75) is 25.8 Å². The van der Waals surface area contributed by atoms with Gasteiger partial charge in [0.1, 0.15) is 0 Å². The molecule has 1 rings (SSSR count). The van der Waals surface area contributed by atoms with Crippen molar-refractivity contribution in [3.63, 3.8) is 0 Å². The van der Waals surface area contributed by atoms with Crippen LogP contribution in [0.25, 0.3) is 0 Å². The quantitative estimate of drug-likeness (QED) is 0.830. The van der Waals surface area contributed by atoms with Crippen LogP contribution in [0.2, 0.25) is 5.02 Å². The molecule has 78 valence electrons. The molecule has 1 nitrogen and oxygen atoms in total. The Hall–Kier alpha value is -0.670. The second-order valence-corrected chi connectivity index (χ2v) is 3.70. The van der Waals surface area contributed by atoms with Gasteiger partial charge in [-0.15, -0.1) is 0 Å². The first-order valence-corrected chi connectivity index (χ1v) is 4.71. The SMILES string of the molecule is CC(N)Cc1cccc(Cl)c1C(F)F. The van der Waals surface area contributed by atoms with Crippen molar-refractivity contribution in [2.75, 3.05) is 0 Å². The molecule has 0 heterocycles. The van der Waals surface area contributed by atoms with Gasteiger partial charge in [-0.1, -0.05) is 23.7 Å². The molecule has 0 aliphatic heterocycles. The third kappa shape index (κ3) is 2.66. The Kier molecular flexibility index (Phi) is 3.84. The molecule has 4 heteroatoms. The van der Waals surface area contributed by atoms with Crippen molar-refractivity contribution in [3.8, 4) is 0 Å². The lowest BCUT2D eigenvalue weighted by Crippen LogP contribution is -2.18. The lowest BCUT2D eigenvalue weighted by Gasteiger charge is -2.12. The van der Waals surface area contributed by atoms with Gasteiger partial charge in [-0.3, -0.25) is 0 Å². The standard InChI is InChI=1S/C10H12ClF2N/c1-6(14)5-7-3-2-4-8(11)9(7)10(12)13/h2-4,6,10H,5,14H2,1H3. The molecule has 2 N–H and O–H groups in total. The number of hydrogen-bond donors (Lipinski definition) is 1. The molecule has 0 amide bonds. The van der Waals surface area contributed by atoms with Crippen LogP contribution in [0.1, 0.15) is 24.5 Å². The number of halogens is 3. The summed E-state index contributed by atoms with van der Waals surface area (Å²) in [7, 11) is 0. The first-order valence-electron chi connectivity index (χ1n) is 4.33. The summed E-state index contributed by atoms with van der Waals surface area (Å²) in [6.45, 7) is 1.77. The Labute approximate surface area is 86.9 Å². The van der Waals surface area contributed by atoms with E-state index in [1.807, 2.05) is 0 Å². The van der Waals surface area contributed by atoms with E-state index in [9.17, 15) is 8.78 Å². The molecule has 0 aliphatic rings. The van der Waals surface area contributed by atoms with Crippen LogP contribution in [0.5, 0.6) is 0 Å². The highest BCUT2D eigenvalue weighted by Gasteiger charge is 2.16. The largest absolute Gasteiger partial charge is 0.328 e. The van der Waals surface area contributed by atoms with E-state index in [1.54, 1.807) is 19.1 Å². The van der Waals surface area contributed by atoms with Gasteiger partial charge in [-0.05, 0) is 25.0 Å². The zero-order valence-corrected chi connectivity index (χ0v) is 8.56. The van der Waals surface area contributed by atoms with Gasteiger partial charge in [0.15, 0.2) is 0 Å². The van der Waals surface area contributed by atoms with Crippen LogP contribution >= 0.6 is 11.6 Å². The molecule has 0 aromatic heterocycles. The van der Waals surface area contributed by atoms with Gasteiger partial charge in [0.2, 0.25) is 0 Å². The van der Waals surface area contributed by atoms with Gasteiger partial charge in [0.05, 0.1) is 0 Å². The Morgan fingerprint density at radius 2 is 2.07 bits per heavy atom. The summed E-state index contributed by atoms with van der Waals surface area (Å²) in [5.74, 6) is 0. The van der Waals surface area contributed by atoms with Crippen molar-refractivity contribution in [1.82, 2.24) is 0 Å². The number of hydrogen-bond acceptors (Lipinski definition) is 1. The molecule has 1 aromatic rings. The lowest BCUT2D eigenvalue weighted by atomic mass is 10.0. The Bertz CT molecular complexity index is 313. The Morgan fingerprint density at radius 1 is 1.43 bits per heavy atom. The fourth-order valence-electron chi connectivity index (χ4n) is 1.35. The van der Waals surface area contributed by atoms with E-state index < -0.39 is 6.43 Å². The van der Waals surface area contributed by atoms with Crippen molar-refractivity contribution in [3.05, 3.63) is 34.3 Å². The van der Waals surface area contributed by atoms with Crippen LogP contribution in [0.4, 0.5) is 8.78 Å². The van der Waals surface area contributed by atoms with Gasteiger partial charge >= 0.3 is 0 Å². The van der Waals surface area contributed by atoms with Gasteiger partial charge in [0, 0.05) is 16.6 Å². The Morgan fingerprint density at radius 3 is 2.57 bits per heavy atom. The molecule has 14 heavy (non-hydrogen) atoms. The van der Waals surface area contributed by atoms with E-state index in [0.29, 0.717) is 12.0 Å². The maximum atomic E-state index is 12.6. The van der Waals surface area contributed by atoms with Crippen LogP contribution in [0.15, 0.2) is 18.2 Å². The fraction of sp³-hybridized carbons (Fsp3) is 0.400. The van der Waals surface area contributed by atoms with E-state index >= 15 is 0 Å². The monoisotopic (exact) mass is 219 g/mol. The maximum Gasteiger partial charge on any atom is 0.265 e. The topological polar surface area (TPSA) is 26.0 Å². The van der Waals surface area contributed by atoms with Gasteiger partial charge in [-0.2, -0.15) is 0 Å². The molecule has 0 spiro atoms. The lowest BCUT2D eigenvalue weighted by molar-refractivity contribution is 0.150. The minimum Gasteiger partial charge on any atom is -0.328 e. The maximum absolute atomic E-state index is 12.6. The van der Waals surface area contributed by atoms with Crippen molar-refractivity contribution < 1.29 is 8.78 Å². The highest BCUT2D eigenvalue weighted by atomic mass is 35.5. The number of rotatable bonds is 3. The Balaban J connectivity index is 3.08. The zero-order chi connectivity index (χ0) is 10.7. The van der Waals surface area contributed by atoms with Crippen LogP contribution < -0.4 is 5.73 Å². The van der Waals surface area contributed by atoms with E-state index in [2.05, 4.69) is 0 Å². The third-order valence-electron chi connectivity index (χ3n) is 1.90. The van der Waals surface area contributed by atoms with Crippen molar-refractivity contribution in [2.24, 2.45) is 5.73 Å². The fourth-order valence-corrected chi connectivity index (χ4v) is 1.63. The summed E-state index contributed by atoms with van der Waals surface area (Å²) in [5, 5.41) is 0.109. The third-order valence-corrected chi connectivity index (χ3v) is 2.23. The molecule has 1 unspecified atom stereocenters. The first kappa shape index (κ1) is 11.4. The summed E-state index contributed by atoms with van der Waals surface area (Å²) >= 11 is 5.69. The summed E-state index contributed by atoms with van der Waals surface area (Å²) in [5.41, 5.74) is 5.99. The molecule has 0 bridgehead atoms. The van der Waals surface area contributed by atoms with Gasteiger partial charge in [0.25, 0.3) is 6.43 Å². The highest BCUT2D eigenvalue weighted by molar-refractivity contribution is 6.31. The zero-order valence-electron chi connectivity index (χ0n) is 7.81. The predicted molar refractivity (Wildman–Crippen MR) is 53.8 cm³/mol. The highest BCUT2D eigenvalue weighted by Crippen LogP contribution is 2.30. The van der Waals surface area contributed by atoms with Crippen LogP contribution in [0, 0.1) is 0 Å². The molecule has 0 saturated heterocycles. The van der Waals surface area contributed by atoms with Gasteiger partial charge in [-0.25, -0.2) is 8.78 Å². The first-order chi connectivity index (χ1) is 6.52. The van der Waals surface area contributed by atoms with E-state index in [4.69, 9.17) is 17.3 Å². The molecular formula is C10H12ClF2N. The van der Waals surface area contributed by atoms with E-state index in [-0.39, 0.29) is 16.6 Å². The molecule has 0 radical (unpaired) electrons. The molecular weight excluding hydrogens is 208 g/mol. The average molecular weight is 220 g/mol. The summed E-state index contributed by atoms with van der Waals surface area (Å²) in [4.78, 5) is 0. The summed E-state index contributed by atoms with van der Waals surface area (Å²) in [6.07, 6.45) is -2.13. The number of nitrogens with two attached hydrogens (primary N) is 1. The van der Waals surface area contributed by atoms with E-state index in [1.165, 1.54) is 6.07 Å². The van der Waals surface area contributed by atoms with Crippen LogP contribution in [-0.4, -0.2) is 6.04 Å². The molecule has 0 saturated carbocycles. The molecule has 0 aliphatic carbocycles. The van der Waals surface area contributed by atoms with Crippen molar-refractivity contribution in [1.29, 1.82) is 0 Å². The second-order valence-electron chi connectivity index (χ2n) is 3.29. The van der Waals surface area contributed by atoms with Gasteiger partial charge < -0.3 is 5.73 Å². The summed E-state index contributed by atoms with van der Waals surface area (Å²) < 4.78 is 25.2. The van der Waals surface area contributed by atoms with E-state index in [0.717, 1.165) is 0 Å². The number of alkyl halides is 2.